The van der Waals surface area contributed by atoms with Crippen LogP contribution in [0.4, 0.5) is 0 Å². The van der Waals surface area contributed by atoms with E-state index < -0.39 is 0 Å². The van der Waals surface area contributed by atoms with Crippen molar-refractivity contribution in [2.24, 2.45) is 18.0 Å². The Bertz CT molecular complexity index is 525. The number of aliphatic imine (C=N–C) groups is 1. The molecule has 1 fully saturated rings. The number of nitrogens with one attached hydrogen (secondary N) is 1. The van der Waals surface area contributed by atoms with Crippen LogP contribution in [0.25, 0.3) is 0 Å². The van der Waals surface area contributed by atoms with Crippen LogP contribution in [0.5, 0.6) is 0 Å². The molecule has 0 aliphatic carbocycles. The molecule has 2 rings (SSSR count). The molecular formula is C17H30ClN5. The number of aryl methyl sites for hydroxylation is 1. The van der Waals surface area contributed by atoms with Crippen molar-refractivity contribution in [3.05, 3.63) is 23.0 Å². The molecule has 0 radical (unpaired) electrons. The number of guanidine groups is 1. The molecule has 0 saturated carbocycles. The third-order valence-corrected chi connectivity index (χ3v) is 4.71. The lowest BCUT2D eigenvalue weighted by atomic mass is 10.1. The molecule has 0 bridgehead atoms. The molecule has 6 heteroatoms. The molecule has 5 nitrogen and oxygen atoms in total. The number of likely N-dealkylation sites (tertiary alicyclic amines) is 1. The van der Waals surface area contributed by atoms with E-state index in [1.165, 1.54) is 38.2 Å². The SMILES string of the molecule is CCCN1CCC(CNC(=NC)N(C)Cc2cc(Cl)cn2C)C1. The van der Waals surface area contributed by atoms with Crippen molar-refractivity contribution < 1.29 is 0 Å². The maximum Gasteiger partial charge on any atom is 0.193 e. The van der Waals surface area contributed by atoms with Crippen LogP contribution in [0.2, 0.25) is 5.02 Å². The Morgan fingerprint density at radius 2 is 2.30 bits per heavy atom. The van der Waals surface area contributed by atoms with Gasteiger partial charge in [0.15, 0.2) is 5.96 Å². The van der Waals surface area contributed by atoms with Gasteiger partial charge in [-0.2, -0.15) is 0 Å². The highest BCUT2D eigenvalue weighted by atomic mass is 35.5. The molecule has 1 unspecified atom stereocenters. The summed E-state index contributed by atoms with van der Waals surface area (Å²) in [6.07, 6.45) is 4.45. The number of hydrogen-bond acceptors (Lipinski definition) is 2. The highest BCUT2D eigenvalue weighted by Gasteiger charge is 2.22. The van der Waals surface area contributed by atoms with Crippen LogP contribution in [0.15, 0.2) is 17.3 Å². The van der Waals surface area contributed by atoms with Gasteiger partial charge in [0.25, 0.3) is 0 Å². The molecule has 1 aromatic rings. The summed E-state index contributed by atoms with van der Waals surface area (Å²) in [5, 5.41) is 4.31. The Morgan fingerprint density at radius 1 is 1.52 bits per heavy atom. The Balaban J connectivity index is 1.82. The number of aromatic nitrogens is 1. The highest BCUT2D eigenvalue weighted by Crippen LogP contribution is 2.16. The molecule has 1 aromatic heterocycles. The van der Waals surface area contributed by atoms with Crippen molar-refractivity contribution in [2.75, 3.05) is 40.3 Å². The van der Waals surface area contributed by atoms with E-state index in [4.69, 9.17) is 11.6 Å². The summed E-state index contributed by atoms with van der Waals surface area (Å²) in [6, 6.07) is 2.00. The van der Waals surface area contributed by atoms with Crippen molar-refractivity contribution in [1.29, 1.82) is 0 Å². The number of rotatable bonds is 6. The van der Waals surface area contributed by atoms with Gasteiger partial charge in [0, 0.05) is 46.1 Å². The number of halogens is 1. The molecule has 23 heavy (non-hydrogen) atoms. The third-order valence-electron chi connectivity index (χ3n) is 4.51. The first-order chi connectivity index (χ1) is 11.0. The van der Waals surface area contributed by atoms with Crippen LogP contribution in [0.1, 0.15) is 25.5 Å². The average Bonchev–Trinajstić information content (AvgIpc) is 3.07. The highest BCUT2D eigenvalue weighted by molar-refractivity contribution is 6.30. The second kappa shape index (κ2) is 8.60. The predicted molar refractivity (Wildman–Crippen MR) is 98.1 cm³/mol. The molecule has 0 spiro atoms. The fourth-order valence-electron chi connectivity index (χ4n) is 3.26. The number of nitrogens with zero attached hydrogens (tertiary/aromatic N) is 4. The standard InChI is InChI=1S/C17H30ClN5/c1-5-7-23-8-6-14(11-23)10-20-17(19-2)22(4)13-16-9-15(18)12-21(16)3/h9,12,14H,5-8,10-11,13H2,1-4H3,(H,19,20). The molecule has 1 aliphatic heterocycles. The summed E-state index contributed by atoms with van der Waals surface area (Å²) < 4.78 is 2.06. The van der Waals surface area contributed by atoms with Gasteiger partial charge in [-0.05, 0) is 37.9 Å². The maximum absolute atomic E-state index is 6.06. The van der Waals surface area contributed by atoms with Crippen molar-refractivity contribution in [2.45, 2.75) is 26.3 Å². The minimum atomic E-state index is 0.719. The van der Waals surface area contributed by atoms with Gasteiger partial charge in [-0.1, -0.05) is 18.5 Å². The van der Waals surface area contributed by atoms with Crippen molar-refractivity contribution in [3.63, 3.8) is 0 Å². The average molecular weight is 340 g/mol. The molecule has 0 aromatic carbocycles. The first-order valence-electron chi connectivity index (χ1n) is 8.48. The van der Waals surface area contributed by atoms with E-state index in [2.05, 4.69) is 38.6 Å². The first kappa shape index (κ1) is 18.1. The molecule has 130 valence electrons. The fourth-order valence-corrected chi connectivity index (χ4v) is 3.53. The quantitative estimate of drug-likeness (QED) is 0.638. The van der Waals surface area contributed by atoms with E-state index in [0.717, 1.165) is 30.0 Å². The third kappa shape index (κ3) is 5.15. The normalized spacial score (nSPS) is 19.3. The zero-order valence-electron chi connectivity index (χ0n) is 14.8. The summed E-state index contributed by atoms with van der Waals surface area (Å²) in [7, 11) is 5.93. The zero-order chi connectivity index (χ0) is 16.8. The molecule has 1 atom stereocenters. The Labute approximate surface area is 145 Å². The van der Waals surface area contributed by atoms with Crippen molar-refractivity contribution >= 4 is 17.6 Å². The van der Waals surface area contributed by atoms with Crippen LogP contribution in [-0.4, -0.2) is 60.6 Å². The maximum atomic E-state index is 6.06. The van der Waals surface area contributed by atoms with E-state index in [1.807, 2.05) is 26.4 Å². The zero-order valence-corrected chi connectivity index (χ0v) is 15.6. The summed E-state index contributed by atoms with van der Waals surface area (Å²) in [6.45, 7) is 7.68. The summed E-state index contributed by atoms with van der Waals surface area (Å²) in [5.41, 5.74) is 1.18. The molecule has 1 aliphatic rings. The van der Waals surface area contributed by atoms with Gasteiger partial charge >= 0.3 is 0 Å². The van der Waals surface area contributed by atoms with Gasteiger partial charge < -0.3 is 19.7 Å². The second-order valence-corrected chi connectivity index (χ2v) is 6.94. The molecule has 1 N–H and O–H groups in total. The van der Waals surface area contributed by atoms with Crippen LogP contribution in [0, 0.1) is 5.92 Å². The molecule has 1 saturated heterocycles. The smallest absolute Gasteiger partial charge is 0.193 e. The number of hydrogen-bond donors (Lipinski definition) is 1. The van der Waals surface area contributed by atoms with Gasteiger partial charge in [0.2, 0.25) is 0 Å². The minimum absolute atomic E-state index is 0.719. The predicted octanol–water partition coefficient (Wildman–Crippen LogP) is 2.42. The van der Waals surface area contributed by atoms with Crippen LogP contribution in [-0.2, 0) is 13.6 Å². The van der Waals surface area contributed by atoms with E-state index in [9.17, 15) is 0 Å². The van der Waals surface area contributed by atoms with E-state index >= 15 is 0 Å². The van der Waals surface area contributed by atoms with Crippen molar-refractivity contribution in [3.8, 4) is 0 Å². The topological polar surface area (TPSA) is 35.8 Å². The largest absolute Gasteiger partial charge is 0.356 e. The van der Waals surface area contributed by atoms with Gasteiger partial charge in [-0.15, -0.1) is 0 Å². The molecular weight excluding hydrogens is 310 g/mol. The lowest BCUT2D eigenvalue weighted by Crippen LogP contribution is -2.41. The monoisotopic (exact) mass is 339 g/mol. The summed E-state index contributed by atoms with van der Waals surface area (Å²) in [4.78, 5) is 9.12. The first-order valence-corrected chi connectivity index (χ1v) is 8.86. The van der Waals surface area contributed by atoms with Crippen LogP contribution in [0.3, 0.4) is 0 Å². The second-order valence-electron chi connectivity index (χ2n) is 6.50. The van der Waals surface area contributed by atoms with E-state index in [0.29, 0.717) is 0 Å². The lowest BCUT2D eigenvalue weighted by molar-refractivity contribution is 0.324. The Hall–Kier alpha value is -1.20. The summed E-state index contributed by atoms with van der Waals surface area (Å²) >= 11 is 6.06. The van der Waals surface area contributed by atoms with E-state index in [-0.39, 0.29) is 0 Å². The Morgan fingerprint density at radius 3 is 2.91 bits per heavy atom. The van der Waals surface area contributed by atoms with E-state index in [1.54, 1.807) is 0 Å². The molecule has 2 heterocycles. The van der Waals surface area contributed by atoms with Crippen LogP contribution < -0.4 is 5.32 Å². The van der Waals surface area contributed by atoms with Gasteiger partial charge in [0.1, 0.15) is 0 Å². The van der Waals surface area contributed by atoms with Gasteiger partial charge in [-0.25, -0.2) is 0 Å². The lowest BCUT2D eigenvalue weighted by Gasteiger charge is -2.24. The Kier molecular flexibility index (Phi) is 6.78. The summed E-state index contributed by atoms with van der Waals surface area (Å²) in [5.74, 6) is 1.66. The van der Waals surface area contributed by atoms with Gasteiger partial charge in [0.05, 0.1) is 11.6 Å². The minimum Gasteiger partial charge on any atom is -0.356 e. The van der Waals surface area contributed by atoms with Crippen LogP contribution >= 0.6 is 11.6 Å². The van der Waals surface area contributed by atoms with Crippen molar-refractivity contribution in [1.82, 2.24) is 19.7 Å². The molecule has 0 amide bonds. The fraction of sp³-hybridized carbons (Fsp3) is 0.706. The van der Waals surface area contributed by atoms with Gasteiger partial charge in [-0.3, -0.25) is 4.99 Å².